The van der Waals surface area contributed by atoms with Crippen molar-refractivity contribution in [2.75, 3.05) is 13.1 Å². The van der Waals surface area contributed by atoms with Gasteiger partial charge >= 0.3 is 0 Å². The van der Waals surface area contributed by atoms with E-state index in [2.05, 4.69) is 4.72 Å². The summed E-state index contributed by atoms with van der Waals surface area (Å²) < 4.78 is 46.9. The lowest BCUT2D eigenvalue weighted by atomic mass is 10.0. The van der Waals surface area contributed by atoms with Crippen LogP contribution in [0, 0.1) is 11.7 Å². The average molecular weight is 372 g/mol. The van der Waals surface area contributed by atoms with Crippen molar-refractivity contribution in [1.29, 1.82) is 0 Å². The minimum absolute atomic E-state index is 0.122. The number of amides is 1. The van der Waals surface area contributed by atoms with E-state index in [4.69, 9.17) is 4.74 Å². The zero-order chi connectivity index (χ0) is 18.8. The number of sulfonamides is 1. The quantitative estimate of drug-likeness (QED) is 0.855. The highest BCUT2D eigenvalue weighted by Gasteiger charge is 2.35. The van der Waals surface area contributed by atoms with E-state index in [0.717, 1.165) is 6.07 Å². The van der Waals surface area contributed by atoms with Gasteiger partial charge in [0.05, 0.1) is 12.2 Å². The molecule has 2 rings (SSSR count). The topological polar surface area (TPSA) is 75.7 Å². The highest BCUT2D eigenvalue weighted by molar-refractivity contribution is 7.89. The Morgan fingerprint density at radius 1 is 1.24 bits per heavy atom. The second-order valence-electron chi connectivity index (χ2n) is 6.77. The zero-order valence-electron chi connectivity index (χ0n) is 14.9. The first kappa shape index (κ1) is 19.8. The second-order valence-corrected chi connectivity index (χ2v) is 8.46. The summed E-state index contributed by atoms with van der Waals surface area (Å²) in [5.41, 5.74) is 0. The third-order valence-corrected chi connectivity index (χ3v) is 5.55. The molecule has 0 aliphatic carbocycles. The van der Waals surface area contributed by atoms with E-state index in [9.17, 15) is 17.6 Å². The Bertz CT molecular complexity index is 713. The summed E-state index contributed by atoms with van der Waals surface area (Å²) in [6, 6.07) is 4.14. The number of hydrogen-bond acceptors (Lipinski definition) is 4. The maximum Gasteiger partial charge on any atom is 0.244 e. The molecule has 1 aliphatic heterocycles. The number of hydrogen-bond donors (Lipinski definition) is 1. The number of morpholine rings is 1. The molecule has 3 atom stereocenters. The van der Waals surface area contributed by atoms with Gasteiger partial charge in [0.1, 0.15) is 16.8 Å². The Labute approximate surface area is 148 Å². The molecular weight excluding hydrogens is 347 g/mol. The van der Waals surface area contributed by atoms with Gasteiger partial charge in [0.25, 0.3) is 0 Å². The molecule has 1 fully saturated rings. The van der Waals surface area contributed by atoms with Gasteiger partial charge in [0.2, 0.25) is 15.9 Å². The molecule has 8 heteroatoms. The fourth-order valence-corrected chi connectivity index (χ4v) is 4.34. The van der Waals surface area contributed by atoms with Crippen molar-refractivity contribution in [1.82, 2.24) is 9.62 Å². The molecule has 6 nitrogen and oxygen atoms in total. The smallest absolute Gasteiger partial charge is 0.244 e. The van der Waals surface area contributed by atoms with Crippen molar-refractivity contribution in [2.24, 2.45) is 5.92 Å². The molecule has 0 radical (unpaired) electrons. The van der Waals surface area contributed by atoms with Crippen LogP contribution >= 0.6 is 0 Å². The molecule has 140 valence electrons. The molecule has 1 aliphatic rings. The zero-order valence-corrected chi connectivity index (χ0v) is 15.7. The van der Waals surface area contributed by atoms with Crippen LogP contribution in [0.25, 0.3) is 0 Å². The fourth-order valence-electron chi connectivity index (χ4n) is 2.92. The van der Waals surface area contributed by atoms with E-state index in [1.165, 1.54) is 18.2 Å². The van der Waals surface area contributed by atoms with E-state index in [1.807, 2.05) is 13.8 Å². The van der Waals surface area contributed by atoms with Crippen molar-refractivity contribution in [2.45, 2.75) is 50.8 Å². The first-order valence-corrected chi connectivity index (χ1v) is 9.81. The van der Waals surface area contributed by atoms with E-state index in [1.54, 1.807) is 18.7 Å². The number of carbonyl (C=O) groups excluding carboxylic acids is 1. The molecule has 1 amide bonds. The molecule has 0 unspecified atom stereocenters. The van der Waals surface area contributed by atoms with Gasteiger partial charge < -0.3 is 9.64 Å². The predicted octanol–water partition coefficient (Wildman–Crippen LogP) is 1.76. The van der Waals surface area contributed by atoms with Gasteiger partial charge in [0, 0.05) is 13.1 Å². The standard InChI is InChI=1S/C17H25FN2O4S/c1-11(2)16(17(21)20-9-12(3)24-13(4)10-20)19-25(22,23)15-8-6-5-7-14(15)18/h5-8,11-13,16,19H,9-10H2,1-4H3/t12-,13+,16-/m1/s1. The number of nitrogens with zero attached hydrogens (tertiary/aromatic N) is 1. The molecule has 25 heavy (non-hydrogen) atoms. The highest BCUT2D eigenvalue weighted by atomic mass is 32.2. The number of benzene rings is 1. The van der Waals surface area contributed by atoms with Crippen LogP contribution in [0.5, 0.6) is 0 Å². The summed E-state index contributed by atoms with van der Waals surface area (Å²) in [5.74, 6) is -1.46. The third kappa shape index (κ3) is 4.77. The average Bonchev–Trinajstić information content (AvgIpc) is 2.51. The van der Waals surface area contributed by atoms with Crippen LogP contribution < -0.4 is 4.72 Å². The Kier molecular flexibility index (Phi) is 6.18. The summed E-state index contributed by atoms with van der Waals surface area (Å²) in [7, 11) is -4.15. The van der Waals surface area contributed by atoms with Crippen molar-refractivity contribution < 1.29 is 22.3 Å². The van der Waals surface area contributed by atoms with Crippen LogP contribution in [0.1, 0.15) is 27.7 Å². The van der Waals surface area contributed by atoms with Gasteiger partial charge in [-0.25, -0.2) is 12.8 Å². The van der Waals surface area contributed by atoms with Crippen molar-refractivity contribution in [3.8, 4) is 0 Å². The monoisotopic (exact) mass is 372 g/mol. The fraction of sp³-hybridized carbons (Fsp3) is 0.588. The first-order chi connectivity index (χ1) is 11.6. The van der Waals surface area contributed by atoms with Crippen molar-refractivity contribution in [3.63, 3.8) is 0 Å². The lowest BCUT2D eigenvalue weighted by Crippen LogP contribution is -2.56. The van der Waals surface area contributed by atoms with Crippen LogP contribution in [-0.4, -0.2) is 50.6 Å². The van der Waals surface area contributed by atoms with Gasteiger partial charge in [-0.05, 0) is 31.9 Å². The lowest BCUT2D eigenvalue weighted by molar-refractivity contribution is -0.145. The highest BCUT2D eigenvalue weighted by Crippen LogP contribution is 2.18. The number of nitrogens with one attached hydrogen (secondary N) is 1. The molecule has 1 saturated heterocycles. The van der Waals surface area contributed by atoms with Gasteiger partial charge in [-0.15, -0.1) is 0 Å². The number of rotatable bonds is 5. The summed E-state index contributed by atoms with van der Waals surface area (Å²) in [4.78, 5) is 14.0. The predicted molar refractivity (Wildman–Crippen MR) is 91.9 cm³/mol. The van der Waals surface area contributed by atoms with Crippen LogP contribution in [0.15, 0.2) is 29.2 Å². The Morgan fingerprint density at radius 2 is 1.80 bits per heavy atom. The van der Waals surface area contributed by atoms with Gasteiger partial charge in [-0.3, -0.25) is 4.79 Å². The van der Waals surface area contributed by atoms with E-state index in [0.29, 0.717) is 13.1 Å². The molecule has 1 aromatic carbocycles. The molecule has 0 bridgehead atoms. The van der Waals surface area contributed by atoms with Crippen LogP contribution in [0.2, 0.25) is 0 Å². The van der Waals surface area contributed by atoms with Gasteiger partial charge in [-0.1, -0.05) is 26.0 Å². The maximum absolute atomic E-state index is 13.9. The molecular formula is C17H25FN2O4S. The third-order valence-electron chi connectivity index (χ3n) is 4.07. The molecule has 1 aromatic rings. The van der Waals surface area contributed by atoms with E-state index >= 15 is 0 Å². The normalized spacial score (nSPS) is 22.9. The Balaban J connectivity index is 2.23. The largest absolute Gasteiger partial charge is 0.372 e. The maximum atomic E-state index is 13.9. The summed E-state index contributed by atoms with van der Waals surface area (Å²) in [6.07, 6.45) is -0.243. The molecule has 1 heterocycles. The van der Waals surface area contributed by atoms with Crippen molar-refractivity contribution >= 4 is 15.9 Å². The number of ether oxygens (including phenoxy) is 1. The Hall–Kier alpha value is -1.51. The van der Waals surface area contributed by atoms with Gasteiger partial charge in [0.15, 0.2) is 0 Å². The molecule has 0 aromatic heterocycles. The SMILES string of the molecule is CC(C)[C@@H](NS(=O)(=O)c1ccccc1F)C(=O)N1C[C@@H](C)O[C@@H](C)C1. The summed E-state index contributed by atoms with van der Waals surface area (Å²) >= 11 is 0. The van der Waals surface area contributed by atoms with Crippen LogP contribution in [-0.2, 0) is 19.6 Å². The van der Waals surface area contributed by atoms with Crippen LogP contribution in [0.3, 0.4) is 0 Å². The molecule has 0 spiro atoms. The second kappa shape index (κ2) is 7.80. The van der Waals surface area contributed by atoms with E-state index in [-0.39, 0.29) is 24.0 Å². The van der Waals surface area contributed by atoms with E-state index < -0.39 is 26.8 Å². The van der Waals surface area contributed by atoms with Crippen LogP contribution in [0.4, 0.5) is 4.39 Å². The minimum atomic E-state index is -4.15. The Morgan fingerprint density at radius 3 is 2.32 bits per heavy atom. The molecule has 1 N–H and O–H groups in total. The number of halogens is 1. The lowest BCUT2D eigenvalue weighted by Gasteiger charge is -2.38. The van der Waals surface area contributed by atoms with Crippen molar-refractivity contribution in [3.05, 3.63) is 30.1 Å². The number of carbonyl (C=O) groups is 1. The minimum Gasteiger partial charge on any atom is -0.372 e. The summed E-state index contributed by atoms with van der Waals surface area (Å²) in [5, 5.41) is 0. The summed E-state index contributed by atoms with van der Waals surface area (Å²) in [6.45, 7) is 8.02. The first-order valence-electron chi connectivity index (χ1n) is 8.33. The molecule has 0 saturated carbocycles. The van der Waals surface area contributed by atoms with Gasteiger partial charge in [-0.2, -0.15) is 4.72 Å².